The summed E-state index contributed by atoms with van der Waals surface area (Å²) in [5, 5.41) is 0. The quantitative estimate of drug-likeness (QED) is 0.743. The van der Waals surface area contributed by atoms with Crippen LogP contribution in [0.5, 0.6) is 6.01 Å². The van der Waals surface area contributed by atoms with Crippen molar-refractivity contribution in [3.63, 3.8) is 0 Å². The molecule has 0 aliphatic carbocycles. The third-order valence-corrected chi connectivity index (χ3v) is 5.09. The number of aromatic nitrogens is 2. The van der Waals surface area contributed by atoms with Crippen molar-refractivity contribution in [2.75, 3.05) is 32.7 Å². The maximum Gasteiger partial charge on any atom is 0.302 e. The first-order chi connectivity index (χ1) is 11.5. The Bertz CT molecular complexity index is 711. The number of hydrogen-bond donors (Lipinski definition) is 0. The summed E-state index contributed by atoms with van der Waals surface area (Å²) in [4.78, 5) is 31.3. The molecule has 3 aliphatic heterocycles. The van der Waals surface area contributed by atoms with Gasteiger partial charge in [0.05, 0.1) is 0 Å². The van der Waals surface area contributed by atoms with Gasteiger partial charge in [-0.15, -0.1) is 0 Å². The summed E-state index contributed by atoms with van der Waals surface area (Å²) in [6, 6.07) is 0.357. The molecule has 0 saturated carbocycles. The number of carbonyl (C=O) groups excluding carboxylic acids is 1. The van der Waals surface area contributed by atoms with Gasteiger partial charge in [0.1, 0.15) is 18.4 Å². The van der Waals surface area contributed by atoms with E-state index in [1.165, 1.54) is 0 Å². The molecule has 4 heterocycles. The fourth-order valence-corrected chi connectivity index (χ4v) is 3.64. The monoisotopic (exact) mass is 334 g/mol. The molecule has 130 valence electrons. The summed E-state index contributed by atoms with van der Waals surface area (Å²) in [5.74, 6) is 0.132. The summed E-state index contributed by atoms with van der Waals surface area (Å²) in [7, 11) is 0. The van der Waals surface area contributed by atoms with Crippen molar-refractivity contribution in [1.29, 1.82) is 0 Å². The van der Waals surface area contributed by atoms with Crippen molar-refractivity contribution >= 4 is 5.91 Å². The lowest BCUT2D eigenvalue weighted by Gasteiger charge is -2.35. The maximum absolute atomic E-state index is 11.7. The van der Waals surface area contributed by atoms with Crippen molar-refractivity contribution < 1.29 is 14.3 Å². The summed E-state index contributed by atoms with van der Waals surface area (Å²) >= 11 is 0. The van der Waals surface area contributed by atoms with Gasteiger partial charge >= 0.3 is 6.01 Å². The van der Waals surface area contributed by atoms with Crippen LogP contribution < -0.4 is 10.3 Å². The molecular weight excluding hydrogens is 312 g/mol. The SMILES string of the molecule is CC(=O)N1CCN(C[C@@H]2O[C@H]3C[C@@H]2Oc2nc(=O)c(C)cn23)CC1. The van der Waals surface area contributed by atoms with Gasteiger partial charge in [-0.1, -0.05) is 0 Å². The van der Waals surface area contributed by atoms with Gasteiger partial charge in [0.2, 0.25) is 5.91 Å². The van der Waals surface area contributed by atoms with E-state index in [1.54, 1.807) is 20.0 Å². The minimum Gasteiger partial charge on any atom is -0.458 e. The fraction of sp³-hybridized carbons (Fsp3) is 0.688. The van der Waals surface area contributed by atoms with Crippen LogP contribution >= 0.6 is 0 Å². The van der Waals surface area contributed by atoms with Crippen LogP contribution in [0.25, 0.3) is 0 Å². The van der Waals surface area contributed by atoms with Crippen LogP contribution in [-0.4, -0.2) is 70.2 Å². The second-order valence-corrected chi connectivity index (χ2v) is 6.75. The molecule has 0 spiro atoms. The maximum atomic E-state index is 11.7. The average molecular weight is 334 g/mol. The molecule has 2 saturated heterocycles. The van der Waals surface area contributed by atoms with E-state index in [9.17, 15) is 9.59 Å². The van der Waals surface area contributed by atoms with Crippen LogP contribution in [0.15, 0.2) is 11.0 Å². The number of carbonyl (C=O) groups is 1. The summed E-state index contributed by atoms with van der Waals surface area (Å²) < 4.78 is 13.9. The summed E-state index contributed by atoms with van der Waals surface area (Å²) in [6.45, 7) is 7.33. The van der Waals surface area contributed by atoms with E-state index in [-0.39, 0.29) is 29.9 Å². The minimum absolute atomic E-state index is 0.0454. The molecule has 2 fully saturated rings. The van der Waals surface area contributed by atoms with Crippen LogP contribution in [0.2, 0.25) is 0 Å². The van der Waals surface area contributed by atoms with Crippen LogP contribution in [0, 0.1) is 6.92 Å². The van der Waals surface area contributed by atoms with Crippen LogP contribution in [0.1, 0.15) is 25.1 Å². The van der Waals surface area contributed by atoms with Crippen molar-refractivity contribution in [3.05, 3.63) is 22.1 Å². The topological polar surface area (TPSA) is 76.9 Å². The number of piperazine rings is 1. The lowest BCUT2D eigenvalue weighted by molar-refractivity contribution is -0.130. The lowest BCUT2D eigenvalue weighted by atomic mass is 10.1. The zero-order valence-electron chi connectivity index (χ0n) is 14.0. The van der Waals surface area contributed by atoms with Crippen molar-refractivity contribution in [2.24, 2.45) is 0 Å². The lowest BCUT2D eigenvalue weighted by Crippen LogP contribution is -2.51. The van der Waals surface area contributed by atoms with E-state index in [2.05, 4.69) is 9.88 Å². The molecule has 0 aromatic carbocycles. The van der Waals surface area contributed by atoms with Gasteiger partial charge in [-0.05, 0) is 6.92 Å². The van der Waals surface area contributed by atoms with E-state index in [0.717, 1.165) is 39.1 Å². The van der Waals surface area contributed by atoms with E-state index in [4.69, 9.17) is 9.47 Å². The molecule has 0 N–H and O–H groups in total. The van der Waals surface area contributed by atoms with E-state index >= 15 is 0 Å². The second-order valence-electron chi connectivity index (χ2n) is 6.75. The van der Waals surface area contributed by atoms with Gasteiger partial charge in [0.25, 0.3) is 5.56 Å². The number of amides is 1. The Kier molecular flexibility index (Phi) is 3.80. The molecule has 0 radical (unpaired) electrons. The van der Waals surface area contributed by atoms with Crippen molar-refractivity contribution in [1.82, 2.24) is 19.4 Å². The highest BCUT2D eigenvalue weighted by Gasteiger charge is 2.44. The standard InChI is InChI=1S/C16H22N4O4/c1-10-8-20-14-7-12(24-16(20)17-15(10)22)13(23-14)9-18-3-5-19(6-4-18)11(2)21/h8,12-14H,3-7,9H2,1-2H3/t12-,13-,14-/m0/s1. The molecule has 24 heavy (non-hydrogen) atoms. The second kappa shape index (κ2) is 5.86. The number of rotatable bonds is 2. The smallest absolute Gasteiger partial charge is 0.302 e. The van der Waals surface area contributed by atoms with E-state index in [0.29, 0.717) is 11.6 Å². The molecule has 8 nitrogen and oxygen atoms in total. The molecule has 2 bridgehead atoms. The van der Waals surface area contributed by atoms with Crippen molar-refractivity contribution in [3.8, 4) is 6.01 Å². The molecular formula is C16H22N4O4. The first-order valence-electron chi connectivity index (χ1n) is 8.41. The van der Waals surface area contributed by atoms with Crippen molar-refractivity contribution in [2.45, 2.75) is 38.7 Å². The Morgan fingerprint density at radius 2 is 2.08 bits per heavy atom. The normalized spacial score (nSPS) is 29.2. The Balaban J connectivity index is 1.42. The van der Waals surface area contributed by atoms with Gasteiger partial charge in [0, 0.05) is 57.8 Å². The molecule has 4 rings (SSSR count). The first kappa shape index (κ1) is 15.6. The Hall–Kier alpha value is -1.93. The first-order valence-corrected chi connectivity index (χ1v) is 8.41. The predicted molar refractivity (Wildman–Crippen MR) is 84.9 cm³/mol. The number of hydrogen-bond acceptors (Lipinski definition) is 6. The highest BCUT2D eigenvalue weighted by molar-refractivity contribution is 5.73. The molecule has 1 aromatic heterocycles. The molecule has 1 amide bonds. The van der Waals surface area contributed by atoms with E-state index < -0.39 is 0 Å². The minimum atomic E-state index is -0.251. The largest absolute Gasteiger partial charge is 0.458 e. The summed E-state index contributed by atoms with van der Waals surface area (Å²) in [6.07, 6.45) is 2.30. The van der Waals surface area contributed by atoms with Gasteiger partial charge < -0.3 is 14.4 Å². The summed E-state index contributed by atoms with van der Waals surface area (Å²) in [5.41, 5.74) is 0.340. The number of ether oxygens (including phenoxy) is 2. The predicted octanol–water partition coefficient (Wildman–Crippen LogP) is -0.236. The van der Waals surface area contributed by atoms with Crippen LogP contribution in [0.3, 0.4) is 0 Å². The molecule has 1 aromatic rings. The molecule has 3 atom stereocenters. The molecule has 0 unspecified atom stereocenters. The highest BCUT2D eigenvalue weighted by Crippen LogP contribution is 2.38. The zero-order valence-corrected chi connectivity index (χ0v) is 14.0. The van der Waals surface area contributed by atoms with Gasteiger partial charge in [-0.25, -0.2) is 0 Å². The van der Waals surface area contributed by atoms with Crippen LogP contribution in [-0.2, 0) is 9.53 Å². The number of nitrogens with zero attached hydrogens (tertiary/aromatic N) is 4. The Morgan fingerprint density at radius 1 is 1.33 bits per heavy atom. The highest BCUT2D eigenvalue weighted by atomic mass is 16.6. The van der Waals surface area contributed by atoms with Gasteiger partial charge in [-0.3, -0.25) is 19.1 Å². The average Bonchev–Trinajstić information content (AvgIpc) is 2.88. The van der Waals surface area contributed by atoms with Crippen LogP contribution in [0.4, 0.5) is 0 Å². The molecule has 3 aliphatic rings. The third kappa shape index (κ3) is 2.69. The Labute approximate surface area is 140 Å². The number of fused-ring (bicyclic) bond motifs is 4. The zero-order chi connectivity index (χ0) is 16.8. The number of aryl methyl sites for hydroxylation is 1. The van der Waals surface area contributed by atoms with Gasteiger partial charge in [-0.2, -0.15) is 4.98 Å². The van der Waals surface area contributed by atoms with E-state index in [1.807, 2.05) is 9.47 Å². The third-order valence-electron chi connectivity index (χ3n) is 5.09. The fourth-order valence-electron chi connectivity index (χ4n) is 3.64. The molecule has 8 heteroatoms. The Morgan fingerprint density at radius 3 is 2.79 bits per heavy atom. The van der Waals surface area contributed by atoms with Gasteiger partial charge in [0.15, 0.2) is 0 Å².